The molecule has 4 heteroatoms. The van der Waals surface area contributed by atoms with E-state index in [4.69, 9.17) is 23.2 Å². The van der Waals surface area contributed by atoms with Gasteiger partial charge in [0, 0.05) is 12.3 Å². The SMILES string of the molecule is O=C(CCCCCCCCCCCCl)OCCl. The lowest BCUT2D eigenvalue weighted by Gasteiger charge is -2.02. The normalized spacial score (nSPS) is 10.5. The van der Waals surface area contributed by atoms with E-state index in [-0.39, 0.29) is 12.0 Å². The van der Waals surface area contributed by atoms with Crippen molar-refractivity contribution in [1.29, 1.82) is 0 Å². The summed E-state index contributed by atoms with van der Waals surface area (Å²) in [5.74, 6) is 0.611. The summed E-state index contributed by atoms with van der Waals surface area (Å²) in [5, 5.41) is 0. The van der Waals surface area contributed by atoms with E-state index >= 15 is 0 Å². The molecule has 2 nitrogen and oxygen atoms in total. The summed E-state index contributed by atoms with van der Waals surface area (Å²) >= 11 is 10.9. The minimum Gasteiger partial charge on any atom is -0.449 e. The third-order valence-corrected chi connectivity index (χ3v) is 3.11. The van der Waals surface area contributed by atoms with E-state index in [1.807, 2.05) is 0 Å². The summed E-state index contributed by atoms with van der Waals surface area (Å²) < 4.78 is 4.64. The van der Waals surface area contributed by atoms with Crippen LogP contribution in [0.15, 0.2) is 0 Å². The molecule has 0 atom stereocenters. The molecule has 0 bridgehead atoms. The van der Waals surface area contributed by atoms with Crippen LogP contribution in [-0.4, -0.2) is 17.9 Å². The first-order valence-corrected chi connectivity index (χ1v) is 7.65. The zero-order valence-corrected chi connectivity index (χ0v) is 12.1. The lowest BCUT2D eigenvalue weighted by Crippen LogP contribution is -2.01. The van der Waals surface area contributed by atoms with E-state index in [1.165, 1.54) is 38.5 Å². The molecule has 0 aromatic carbocycles. The third kappa shape index (κ3) is 14.0. The van der Waals surface area contributed by atoms with E-state index in [0.717, 1.165) is 25.1 Å². The van der Waals surface area contributed by atoms with Crippen molar-refractivity contribution in [2.24, 2.45) is 0 Å². The van der Waals surface area contributed by atoms with Crippen LogP contribution in [0.25, 0.3) is 0 Å². The number of hydrogen-bond acceptors (Lipinski definition) is 2. The number of rotatable bonds is 12. The molecule has 0 fully saturated rings. The fourth-order valence-electron chi connectivity index (χ4n) is 1.73. The van der Waals surface area contributed by atoms with Gasteiger partial charge in [-0.25, -0.2) is 0 Å². The van der Waals surface area contributed by atoms with Crippen LogP contribution >= 0.6 is 23.2 Å². The Balaban J connectivity index is 3.01. The van der Waals surface area contributed by atoms with Crippen LogP contribution in [-0.2, 0) is 9.53 Å². The van der Waals surface area contributed by atoms with Gasteiger partial charge in [0.05, 0.1) is 0 Å². The summed E-state index contributed by atoms with van der Waals surface area (Å²) in [6.07, 6.45) is 11.3. The molecule has 0 aromatic rings. The van der Waals surface area contributed by atoms with Crippen LogP contribution in [0.5, 0.6) is 0 Å². The molecule has 0 aliphatic rings. The van der Waals surface area contributed by atoms with Crippen molar-refractivity contribution in [3.8, 4) is 0 Å². The molecular formula is C13H24Cl2O2. The van der Waals surface area contributed by atoms with Crippen molar-refractivity contribution in [1.82, 2.24) is 0 Å². The van der Waals surface area contributed by atoms with E-state index < -0.39 is 0 Å². The van der Waals surface area contributed by atoms with Crippen LogP contribution in [0.3, 0.4) is 0 Å². The maximum absolute atomic E-state index is 11.0. The number of esters is 1. The molecule has 0 radical (unpaired) electrons. The molecule has 0 saturated heterocycles. The van der Waals surface area contributed by atoms with Crippen LogP contribution in [0.2, 0.25) is 0 Å². The molecule has 0 aliphatic carbocycles. The Morgan fingerprint density at radius 1 is 0.765 bits per heavy atom. The maximum atomic E-state index is 11.0. The standard InChI is InChI=1S/C13H24Cl2O2/c14-11-9-7-5-3-1-2-4-6-8-10-13(16)17-12-15/h1-12H2. The Hall–Kier alpha value is 0.0500. The monoisotopic (exact) mass is 282 g/mol. The Labute approximate surface area is 115 Å². The second-order valence-corrected chi connectivity index (χ2v) is 4.84. The van der Waals surface area contributed by atoms with Crippen LogP contribution < -0.4 is 0 Å². The van der Waals surface area contributed by atoms with Crippen LogP contribution in [0.4, 0.5) is 0 Å². The van der Waals surface area contributed by atoms with E-state index in [9.17, 15) is 4.79 Å². The van der Waals surface area contributed by atoms with Gasteiger partial charge in [0.2, 0.25) is 0 Å². The largest absolute Gasteiger partial charge is 0.449 e. The Morgan fingerprint density at radius 2 is 1.24 bits per heavy atom. The van der Waals surface area contributed by atoms with Crippen molar-refractivity contribution >= 4 is 29.2 Å². The highest BCUT2D eigenvalue weighted by molar-refractivity contribution is 6.17. The second-order valence-electron chi connectivity index (χ2n) is 4.25. The Kier molecular flexibility index (Phi) is 14.2. The molecule has 0 spiro atoms. The number of alkyl halides is 2. The molecule has 0 heterocycles. The number of halogens is 2. The van der Waals surface area contributed by atoms with Crippen molar-refractivity contribution in [3.05, 3.63) is 0 Å². The van der Waals surface area contributed by atoms with Crippen molar-refractivity contribution < 1.29 is 9.53 Å². The molecule has 0 amide bonds. The molecule has 0 N–H and O–H groups in total. The van der Waals surface area contributed by atoms with Crippen LogP contribution in [0, 0.1) is 0 Å². The average molecular weight is 283 g/mol. The highest BCUT2D eigenvalue weighted by Gasteiger charge is 2.00. The van der Waals surface area contributed by atoms with Gasteiger partial charge in [-0.05, 0) is 12.8 Å². The number of hydrogen-bond donors (Lipinski definition) is 0. The molecule has 17 heavy (non-hydrogen) atoms. The zero-order chi connectivity index (χ0) is 12.8. The van der Waals surface area contributed by atoms with Gasteiger partial charge in [-0.2, -0.15) is 0 Å². The first-order chi connectivity index (χ1) is 8.31. The topological polar surface area (TPSA) is 26.3 Å². The summed E-state index contributed by atoms with van der Waals surface area (Å²) in [5.41, 5.74) is 0. The number of carbonyl (C=O) groups is 1. The molecule has 0 saturated carbocycles. The van der Waals surface area contributed by atoms with E-state index in [1.54, 1.807) is 0 Å². The number of ether oxygens (including phenoxy) is 1. The minimum absolute atomic E-state index is 0.0267. The van der Waals surface area contributed by atoms with Gasteiger partial charge in [-0.3, -0.25) is 4.79 Å². The van der Waals surface area contributed by atoms with Gasteiger partial charge < -0.3 is 4.74 Å². The van der Waals surface area contributed by atoms with Gasteiger partial charge in [-0.1, -0.05) is 56.5 Å². The predicted molar refractivity (Wildman–Crippen MR) is 73.7 cm³/mol. The number of carbonyl (C=O) groups excluding carboxylic acids is 1. The smallest absolute Gasteiger partial charge is 0.306 e. The zero-order valence-electron chi connectivity index (χ0n) is 10.6. The third-order valence-electron chi connectivity index (χ3n) is 2.73. The fourth-order valence-corrected chi connectivity index (χ4v) is 2.04. The summed E-state index contributed by atoms with van der Waals surface area (Å²) in [4.78, 5) is 11.0. The molecule has 0 rings (SSSR count). The van der Waals surface area contributed by atoms with Gasteiger partial charge in [0.25, 0.3) is 0 Å². The van der Waals surface area contributed by atoms with Gasteiger partial charge in [-0.15, -0.1) is 11.6 Å². The lowest BCUT2D eigenvalue weighted by molar-refractivity contribution is -0.141. The van der Waals surface area contributed by atoms with Crippen molar-refractivity contribution in [2.75, 3.05) is 11.9 Å². The van der Waals surface area contributed by atoms with Gasteiger partial charge in [0.15, 0.2) is 6.07 Å². The van der Waals surface area contributed by atoms with E-state index in [0.29, 0.717) is 6.42 Å². The average Bonchev–Trinajstić information content (AvgIpc) is 2.32. The maximum Gasteiger partial charge on any atom is 0.306 e. The van der Waals surface area contributed by atoms with Gasteiger partial charge in [0.1, 0.15) is 0 Å². The first-order valence-electron chi connectivity index (χ1n) is 6.58. The summed E-state index contributed by atoms with van der Waals surface area (Å²) in [6.45, 7) is 0. The first kappa shape index (κ1) is 17.1. The molecule has 0 aliphatic heterocycles. The Bertz CT molecular complexity index is 175. The molecule has 0 unspecified atom stereocenters. The quantitative estimate of drug-likeness (QED) is 0.290. The minimum atomic E-state index is -0.180. The van der Waals surface area contributed by atoms with Crippen molar-refractivity contribution in [2.45, 2.75) is 64.2 Å². The molecular weight excluding hydrogens is 259 g/mol. The number of unbranched alkanes of at least 4 members (excludes halogenated alkanes) is 8. The lowest BCUT2D eigenvalue weighted by atomic mass is 10.1. The molecule has 102 valence electrons. The highest BCUT2D eigenvalue weighted by atomic mass is 35.5. The predicted octanol–water partition coefficient (Wildman–Crippen LogP) is 4.87. The molecule has 0 aromatic heterocycles. The summed E-state index contributed by atoms with van der Waals surface area (Å²) in [6, 6.07) is -0.0267. The van der Waals surface area contributed by atoms with Crippen molar-refractivity contribution in [3.63, 3.8) is 0 Å². The fraction of sp³-hybridized carbons (Fsp3) is 0.923. The second kappa shape index (κ2) is 14.1. The van der Waals surface area contributed by atoms with Crippen LogP contribution in [0.1, 0.15) is 64.2 Å². The Morgan fingerprint density at radius 3 is 1.71 bits per heavy atom. The van der Waals surface area contributed by atoms with E-state index in [2.05, 4.69) is 4.74 Å². The summed E-state index contributed by atoms with van der Waals surface area (Å²) in [7, 11) is 0. The van der Waals surface area contributed by atoms with Gasteiger partial charge >= 0.3 is 5.97 Å². The highest BCUT2D eigenvalue weighted by Crippen LogP contribution is 2.11.